The number of nitrogens with one attached hydrogen (secondary N) is 2. The van der Waals surface area contributed by atoms with E-state index in [1.807, 2.05) is 13.8 Å². The van der Waals surface area contributed by atoms with Crippen LogP contribution in [0.2, 0.25) is 0 Å². The molecule has 0 bridgehead atoms. The van der Waals surface area contributed by atoms with Gasteiger partial charge in [0.15, 0.2) is 0 Å². The van der Waals surface area contributed by atoms with Gasteiger partial charge in [0.25, 0.3) is 0 Å². The van der Waals surface area contributed by atoms with Crippen molar-refractivity contribution in [1.82, 2.24) is 20.4 Å². The Morgan fingerprint density at radius 2 is 2.33 bits per heavy atom. The van der Waals surface area contributed by atoms with Gasteiger partial charge in [0.05, 0.1) is 18.2 Å². The van der Waals surface area contributed by atoms with Crippen molar-refractivity contribution in [1.29, 1.82) is 0 Å². The third-order valence-electron chi connectivity index (χ3n) is 4.21. The Morgan fingerprint density at radius 1 is 1.52 bits per heavy atom. The normalized spacial score (nSPS) is 19.1. The molecular formula is C15H26N4O2. The minimum absolute atomic E-state index is 0.119. The molecule has 0 saturated carbocycles. The zero-order valence-corrected chi connectivity index (χ0v) is 13.2. The maximum atomic E-state index is 12.2. The number of H-pyrrole nitrogens is 1. The predicted molar refractivity (Wildman–Crippen MR) is 81.2 cm³/mol. The van der Waals surface area contributed by atoms with Crippen LogP contribution in [0.5, 0.6) is 0 Å². The Labute approximate surface area is 126 Å². The summed E-state index contributed by atoms with van der Waals surface area (Å²) in [5.74, 6) is 0.294. The first-order valence-corrected chi connectivity index (χ1v) is 7.61. The number of nitrogens with zero attached hydrogens (tertiary/aromatic N) is 2. The minimum atomic E-state index is 0.119. The SMILES string of the molecule is COCCN1CC[C@@H](C(=O)NCCc2c(C)n[nH]c2C)C1. The van der Waals surface area contributed by atoms with Gasteiger partial charge in [-0.25, -0.2) is 0 Å². The first kappa shape index (κ1) is 16.0. The van der Waals surface area contributed by atoms with Crippen molar-refractivity contribution < 1.29 is 9.53 Å². The van der Waals surface area contributed by atoms with Crippen molar-refractivity contribution in [3.05, 3.63) is 17.0 Å². The zero-order valence-electron chi connectivity index (χ0n) is 13.2. The largest absolute Gasteiger partial charge is 0.383 e. The maximum Gasteiger partial charge on any atom is 0.224 e. The van der Waals surface area contributed by atoms with Crippen LogP contribution < -0.4 is 5.32 Å². The van der Waals surface area contributed by atoms with E-state index in [1.54, 1.807) is 7.11 Å². The minimum Gasteiger partial charge on any atom is -0.383 e. The molecule has 0 aliphatic carbocycles. The number of likely N-dealkylation sites (tertiary alicyclic amines) is 1. The van der Waals surface area contributed by atoms with E-state index in [4.69, 9.17) is 4.74 Å². The predicted octanol–water partition coefficient (Wildman–Crippen LogP) is 0.654. The fraction of sp³-hybridized carbons (Fsp3) is 0.733. The number of hydrogen-bond donors (Lipinski definition) is 2. The van der Waals surface area contributed by atoms with Gasteiger partial charge in [0, 0.05) is 32.4 Å². The van der Waals surface area contributed by atoms with E-state index < -0.39 is 0 Å². The summed E-state index contributed by atoms with van der Waals surface area (Å²) in [6, 6.07) is 0. The van der Waals surface area contributed by atoms with Crippen molar-refractivity contribution in [3.8, 4) is 0 Å². The van der Waals surface area contributed by atoms with Crippen LogP contribution in [0.1, 0.15) is 23.4 Å². The molecule has 1 aromatic heterocycles. The Bertz CT molecular complexity index is 453. The Hall–Kier alpha value is -1.40. The van der Waals surface area contributed by atoms with Gasteiger partial charge in [-0.15, -0.1) is 0 Å². The van der Waals surface area contributed by atoms with Crippen LogP contribution in [0.3, 0.4) is 0 Å². The standard InChI is InChI=1S/C15H26N4O2/c1-11-14(12(2)18-17-11)4-6-16-15(20)13-5-7-19(10-13)8-9-21-3/h13H,4-10H2,1-3H3,(H,16,20)(H,17,18)/t13-/m1/s1. The highest BCUT2D eigenvalue weighted by molar-refractivity contribution is 5.79. The molecule has 6 nitrogen and oxygen atoms in total. The smallest absolute Gasteiger partial charge is 0.224 e. The van der Waals surface area contributed by atoms with Gasteiger partial charge in [-0.3, -0.25) is 9.89 Å². The van der Waals surface area contributed by atoms with Gasteiger partial charge >= 0.3 is 0 Å². The Balaban J connectivity index is 1.71. The Morgan fingerprint density at radius 3 is 3.00 bits per heavy atom. The lowest BCUT2D eigenvalue weighted by atomic mass is 10.1. The number of aromatic amines is 1. The van der Waals surface area contributed by atoms with Crippen molar-refractivity contribution >= 4 is 5.91 Å². The summed E-state index contributed by atoms with van der Waals surface area (Å²) >= 11 is 0. The van der Waals surface area contributed by atoms with E-state index in [2.05, 4.69) is 20.4 Å². The lowest BCUT2D eigenvalue weighted by molar-refractivity contribution is -0.124. The molecule has 1 saturated heterocycles. The first-order valence-electron chi connectivity index (χ1n) is 7.61. The molecule has 21 heavy (non-hydrogen) atoms. The molecule has 1 aromatic rings. The summed E-state index contributed by atoms with van der Waals surface area (Å²) < 4.78 is 5.08. The van der Waals surface area contributed by atoms with Gasteiger partial charge in [-0.1, -0.05) is 0 Å². The summed E-state index contributed by atoms with van der Waals surface area (Å²) in [6.07, 6.45) is 1.78. The quantitative estimate of drug-likeness (QED) is 0.775. The molecule has 0 spiro atoms. The summed E-state index contributed by atoms with van der Waals surface area (Å²) in [7, 11) is 1.71. The lowest BCUT2D eigenvalue weighted by Gasteiger charge is -2.15. The molecule has 1 aliphatic rings. The van der Waals surface area contributed by atoms with Crippen LogP contribution in [0.25, 0.3) is 0 Å². The van der Waals surface area contributed by atoms with Crippen molar-refractivity contribution in [2.45, 2.75) is 26.7 Å². The number of methoxy groups -OCH3 is 1. The highest BCUT2D eigenvalue weighted by atomic mass is 16.5. The van der Waals surface area contributed by atoms with E-state index in [-0.39, 0.29) is 11.8 Å². The molecule has 1 fully saturated rings. The molecule has 2 rings (SSSR count). The first-order chi connectivity index (χ1) is 10.1. The van der Waals surface area contributed by atoms with E-state index in [1.165, 1.54) is 5.56 Å². The highest BCUT2D eigenvalue weighted by Crippen LogP contribution is 2.16. The topological polar surface area (TPSA) is 70.2 Å². The van der Waals surface area contributed by atoms with Crippen LogP contribution in [0.15, 0.2) is 0 Å². The van der Waals surface area contributed by atoms with Crippen LogP contribution in [-0.2, 0) is 16.0 Å². The van der Waals surface area contributed by atoms with E-state index >= 15 is 0 Å². The molecule has 118 valence electrons. The number of hydrogen-bond acceptors (Lipinski definition) is 4. The van der Waals surface area contributed by atoms with Crippen LogP contribution in [0, 0.1) is 19.8 Å². The van der Waals surface area contributed by atoms with Crippen LogP contribution >= 0.6 is 0 Å². The second-order valence-electron chi connectivity index (χ2n) is 5.73. The van der Waals surface area contributed by atoms with Crippen molar-refractivity contribution in [2.75, 3.05) is 39.9 Å². The Kier molecular flexibility index (Phi) is 5.76. The fourth-order valence-electron chi connectivity index (χ4n) is 2.87. The number of amides is 1. The number of carbonyl (C=O) groups excluding carboxylic acids is 1. The van der Waals surface area contributed by atoms with E-state index in [0.717, 1.165) is 50.5 Å². The number of aromatic nitrogens is 2. The highest BCUT2D eigenvalue weighted by Gasteiger charge is 2.27. The number of aryl methyl sites for hydroxylation is 2. The lowest BCUT2D eigenvalue weighted by Crippen LogP contribution is -2.34. The van der Waals surface area contributed by atoms with Crippen LogP contribution in [0.4, 0.5) is 0 Å². The van der Waals surface area contributed by atoms with Crippen molar-refractivity contribution in [3.63, 3.8) is 0 Å². The number of rotatable bonds is 7. The van der Waals surface area contributed by atoms with Gasteiger partial charge < -0.3 is 15.0 Å². The van der Waals surface area contributed by atoms with Gasteiger partial charge in [0.1, 0.15) is 0 Å². The average Bonchev–Trinajstić information content (AvgIpc) is 3.06. The molecule has 1 amide bonds. The molecule has 6 heteroatoms. The third kappa shape index (κ3) is 4.28. The summed E-state index contributed by atoms with van der Waals surface area (Å²) in [6.45, 7) is 8.16. The molecule has 1 aliphatic heterocycles. The average molecular weight is 294 g/mol. The summed E-state index contributed by atoms with van der Waals surface area (Å²) in [5, 5.41) is 10.2. The van der Waals surface area contributed by atoms with Crippen molar-refractivity contribution in [2.24, 2.45) is 5.92 Å². The van der Waals surface area contributed by atoms with E-state index in [9.17, 15) is 4.79 Å². The van der Waals surface area contributed by atoms with Gasteiger partial charge in [0.2, 0.25) is 5.91 Å². The second kappa shape index (κ2) is 7.56. The molecule has 0 unspecified atom stereocenters. The summed E-state index contributed by atoms with van der Waals surface area (Å²) in [4.78, 5) is 14.5. The molecule has 2 N–H and O–H groups in total. The zero-order chi connectivity index (χ0) is 15.2. The molecule has 2 heterocycles. The molecular weight excluding hydrogens is 268 g/mol. The molecule has 0 aromatic carbocycles. The van der Waals surface area contributed by atoms with Crippen LogP contribution in [-0.4, -0.2) is 60.9 Å². The van der Waals surface area contributed by atoms with Gasteiger partial charge in [-0.05, 0) is 38.8 Å². The molecule has 1 atom stereocenters. The number of carbonyl (C=O) groups is 1. The summed E-state index contributed by atoms with van der Waals surface area (Å²) in [5.41, 5.74) is 3.32. The third-order valence-corrected chi connectivity index (χ3v) is 4.21. The van der Waals surface area contributed by atoms with E-state index in [0.29, 0.717) is 6.54 Å². The molecule has 0 radical (unpaired) electrons. The monoisotopic (exact) mass is 294 g/mol. The number of ether oxygens (including phenoxy) is 1. The van der Waals surface area contributed by atoms with Gasteiger partial charge in [-0.2, -0.15) is 5.10 Å². The second-order valence-corrected chi connectivity index (χ2v) is 5.73. The maximum absolute atomic E-state index is 12.2. The fourth-order valence-corrected chi connectivity index (χ4v) is 2.87.